The molecule has 5 nitrogen and oxygen atoms in total. The molecule has 162 valence electrons. The van der Waals surface area contributed by atoms with Gasteiger partial charge in [-0.3, -0.25) is 4.79 Å². The number of hydrogen-bond donors (Lipinski definition) is 2. The van der Waals surface area contributed by atoms with Gasteiger partial charge >= 0.3 is 6.18 Å². The first-order valence-corrected chi connectivity index (χ1v) is 10.1. The van der Waals surface area contributed by atoms with Gasteiger partial charge in [-0.1, -0.05) is 12.1 Å². The van der Waals surface area contributed by atoms with E-state index in [0.29, 0.717) is 11.8 Å². The third kappa shape index (κ3) is 4.38. The van der Waals surface area contributed by atoms with Crippen LogP contribution in [0.4, 0.5) is 13.2 Å². The standard InChI is InChI=1S/C21H29F3N2O3/c1-26(13-14-10-16(11-14)15-6-8-25-9-7-15)19(27)20(28,21(22,23)24)17-4-3-5-18(12-17)29-2/h3-5,12,14-16,25,28H,6-11,13H2,1-2H3. The average Bonchev–Trinajstić information content (AvgIpc) is 2.68. The molecule has 0 radical (unpaired) electrons. The van der Waals surface area contributed by atoms with Gasteiger partial charge in [0.15, 0.2) is 0 Å². The van der Waals surface area contributed by atoms with Crippen LogP contribution in [0.2, 0.25) is 0 Å². The summed E-state index contributed by atoms with van der Waals surface area (Å²) in [6, 6.07) is 4.94. The Labute approximate surface area is 169 Å². The van der Waals surface area contributed by atoms with Crippen molar-refractivity contribution in [1.82, 2.24) is 10.2 Å². The molecule has 2 fully saturated rings. The Morgan fingerprint density at radius 2 is 1.90 bits per heavy atom. The summed E-state index contributed by atoms with van der Waals surface area (Å²) in [6.45, 7) is 2.25. The number of rotatable bonds is 6. The molecule has 0 aromatic heterocycles. The number of carbonyl (C=O) groups excluding carboxylic acids is 1. The number of amides is 1. The van der Waals surface area contributed by atoms with Crippen molar-refractivity contribution in [3.8, 4) is 5.75 Å². The minimum absolute atomic E-state index is 0.143. The number of ether oxygens (including phenoxy) is 1. The van der Waals surface area contributed by atoms with E-state index in [1.165, 1.54) is 26.3 Å². The smallest absolute Gasteiger partial charge is 0.430 e. The molecular formula is C21H29F3N2O3. The molecular weight excluding hydrogens is 385 g/mol. The van der Waals surface area contributed by atoms with Crippen LogP contribution in [0.5, 0.6) is 5.75 Å². The van der Waals surface area contributed by atoms with E-state index in [1.54, 1.807) is 0 Å². The number of likely N-dealkylation sites (N-methyl/N-ethyl adjacent to an activating group) is 1. The zero-order valence-corrected chi connectivity index (χ0v) is 16.8. The van der Waals surface area contributed by atoms with E-state index in [4.69, 9.17) is 4.74 Å². The van der Waals surface area contributed by atoms with Crippen LogP contribution in [-0.4, -0.2) is 55.9 Å². The Balaban J connectivity index is 1.68. The molecule has 1 aromatic carbocycles. The van der Waals surface area contributed by atoms with Crippen molar-refractivity contribution in [2.24, 2.45) is 17.8 Å². The molecule has 1 aliphatic carbocycles. The fourth-order valence-corrected chi connectivity index (χ4v) is 4.64. The number of halogens is 3. The van der Waals surface area contributed by atoms with Crippen molar-refractivity contribution in [2.45, 2.75) is 37.5 Å². The number of methoxy groups -OCH3 is 1. The first-order valence-electron chi connectivity index (χ1n) is 10.1. The monoisotopic (exact) mass is 414 g/mol. The normalized spacial score (nSPS) is 25.0. The maximum Gasteiger partial charge on any atom is 0.430 e. The van der Waals surface area contributed by atoms with Gasteiger partial charge in [-0.15, -0.1) is 0 Å². The molecule has 1 unspecified atom stereocenters. The summed E-state index contributed by atoms with van der Waals surface area (Å²) < 4.78 is 46.4. The number of nitrogens with one attached hydrogen (secondary N) is 1. The largest absolute Gasteiger partial charge is 0.497 e. The molecule has 1 amide bonds. The molecule has 8 heteroatoms. The Hall–Kier alpha value is -1.80. The number of hydrogen-bond acceptors (Lipinski definition) is 4. The van der Waals surface area contributed by atoms with Gasteiger partial charge in [0, 0.05) is 19.2 Å². The number of nitrogens with zero attached hydrogens (tertiary/aromatic N) is 1. The Morgan fingerprint density at radius 3 is 2.48 bits per heavy atom. The van der Waals surface area contributed by atoms with Crippen LogP contribution < -0.4 is 10.1 Å². The molecule has 2 N–H and O–H groups in total. The van der Waals surface area contributed by atoms with E-state index in [9.17, 15) is 23.1 Å². The predicted octanol–water partition coefficient (Wildman–Crippen LogP) is 2.93. The number of piperidine rings is 1. The van der Waals surface area contributed by atoms with E-state index in [2.05, 4.69) is 5.32 Å². The minimum atomic E-state index is -5.15. The third-order valence-electron chi connectivity index (χ3n) is 6.41. The zero-order valence-electron chi connectivity index (χ0n) is 16.8. The van der Waals surface area contributed by atoms with Gasteiger partial charge in [-0.25, -0.2) is 0 Å². The van der Waals surface area contributed by atoms with Gasteiger partial charge in [0.05, 0.1) is 7.11 Å². The fraction of sp³-hybridized carbons (Fsp3) is 0.667. The third-order valence-corrected chi connectivity index (χ3v) is 6.41. The van der Waals surface area contributed by atoms with Crippen molar-refractivity contribution in [1.29, 1.82) is 0 Å². The van der Waals surface area contributed by atoms with Crippen LogP contribution in [0.15, 0.2) is 24.3 Å². The second-order valence-electron chi connectivity index (χ2n) is 8.31. The fourth-order valence-electron chi connectivity index (χ4n) is 4.64. The first-order chi connectivity index (χ1) is 13.7. The Morgan fingerprint density at radius 1 is 1.24 bits per heavy atom. The molecule has 2 aliphatic rings. The van der Waals surface area contributed by atoms with Gasteiger partial charge < -0.3 is 20.1 Å². The summed E-state index contributed by atoms with van der Waals surface area (Å²) in [7, 11) is 2.65. The van der Waals surface area contributed by atoms with Crippen molar-refractivity contribution in [3.05, 3.63) is 29.8 Å². The maximum atomic E-state index is 13.8. The number of aliphatic hydroxyl groups is 1. The lowest BCUT2D eigenvalue weighted by Crippen LogP contribution is -2.56. The molecule has 0 bridgehead atoms. The second kappa shape index (κ2) is 8.52. The molecule has 0 spiro atoms. The van der Waals surface area contributed by atoms with Crippen LogP contribution in [0.25, 0.3) is 0 Å². The minimum Gasteiger partial charge on any atom is -0.497 e. The molecule has 29 heavy (non-hydrogen) atoms. The lowest BCUT2D eigenvalue weighted by molar-refractivity contribution is -0.261. The average molecular weight is 414 g/mol. The van der Waals surface area contributed by atoms with Crippen LogP contribution in [0.3, 0.4) is 0 Å². The van der Waals surface area contributed by atoms with Crippen molar-refractivity contribution in [2.75, 3.05) is 33.8 Å². The summed E-state index contributed by atoms with van der Waals surface area (Å²) >= 11 is 0. The van der Waals surface area contributed by atoms with E-state index < -0.39 is 23.2 Å². The summed E-state index contributed by atoms with van der Waals surface area (Å²) in [4.78, 5) is 13.8. The second-order valence-corrected chi connectivity index (χ2v) is 8.31. The molecule has 1 heterocycles. The van der Waals surface area contributed by atoms with Gasteiger partial charge in [0.25, 0.3) is 11.5 Å². The zero-order chi connectivity index (χ0) is 21.2. The van der Waals surface area contributed by atoms with Gasteiger partial charge in [0.1, 0.15) is 5.75 Å². The summed E-state index contributed by atoms with van der Waals surface area (Å²) in [6.07, 6.45) is -1.04. The van der Waals surface area contributed by atoms with Crippen LogP contribution >= 0.6 is 0 Å². The number of benzene rings is 1. The number of alkyl halides is 3. The Kier molecular flexibility index (Phi) is 6.43. The van der Waals surface area contributed by atoms with Crippen LogP contribution in [-0.2, 0) is 10.4 Å². The van der Waals surface area contributed by atoms with Crippen LogP contribution in [0.1, 0.15) is 31.2 Å². The molecule has 1 saturated heterocycles. The van der Waals surface area contributed by atoms with Crippen molar-refractivity contribution >= 4 is 5.91 Å². The summed E-state index contributed by atoms with van der Waals surface area (Å²) in [5.41, 5.74) is -4.14. The highest BCUT2D eigenvalue weighted by atomic mass is 19.4. The molecule has 1 atom stereocenters. The first kappa shape index (κ1) is 21.9. The van der Waals surface area contributed by atoms with E-state index >= 15 is 0 Å². The lowest BCUT2D eigenvalue weighted by Gasteiger charge is -2.44. The van der Waals surface area contributed by atoms with Gasteiger partial charge in [-0.2, -0.15) is 13.2 Å². The highest BCUT2D eigenvalue weighted by Gasteiger charge is 2.62. The predicted molar refractivity (Wildman–Crippen MR) is 102 cm³/mol. The van der Waals surface area contributed by atoms with Crippen LogP contribution in [0, 0.1) is 17.8 Å². The maximum absolute atomic E-state index is 13.8. The molecule has 1 aromatic rings. The van der Waals surface area contributed by atoms with E-state index in [-0.39, 0.29) is 18.2 Å². The topological polar surface area (TPSA) is 61.8 Å². The van der Waals surface area contributed by atoms with Gasteiger partial charge in [0.2, 0.25) is 0 Å². The SMILES string of the molecule is COc1cccc(C(O)(C(=O)N(C)CC2CC(C3CCNCC3)C2)C(F)(F)F)c1. The molecule has 1 saturated carbocycles. The molecule has 1 aliphatic heterocycles. The Bertz CT molecular complexity index is 715. The summed E-state index contributed by atoms with van der Waals surface area (Å²) in [5.74, 6) is 0.211. The van der Waals surface area contributed by atoms with Crippen molar-refractivity contribution < 1.29 is 27.8 Å². The van der Waals surface area contributed by atoms with Crippen molar-refractivity contribution in [3.63, 3.8) is 0 Å². The van der Waals surface area contributed by atoms with E-state index in [1.807, 2.05) is 0 Å². The summed E-state index contributed by atoms with van der Waals surface area (Å²) in [5, 5.41) is 13.9. The van der Waals surface area contributed by atoms with E-state index in [0.717, 1.165) is 55.8 Å². The lowest BCUT2D eigenvalue weighted by atomic mass is 9.66. The van der Waals surface area contributed by atoms with Gasteiger partial charge in [-0.05, 0) is 68.7 Å². The number of carbonyl (C=O) groups is 1. The highest BCUT2D eigenvalue weighted by molar-refractivity contribution is 5.87. The molecule has 3 rings (SSSR count). The highest BCUT2D eigenvalue weighted by Crippen LogP contribution is 2.44. The quantitative estimate of drug-likeness (QED) is 0.752.